The van der Waals surface area contributed by atoms with Crippen molar-refractivity contribution in [2.45, 2.75) is 38.7 Å². The fraction of sp³-hybridized carbons (Fsp3) is 0.500. The van der Waals surface area contributed by atoms with Gasteiger partial charge < -0.3 is 4.74 Å². The van der Waals surface area contributed by atoms with Crippen molar-refractivity contribution in [1.29, 1.82) is 0 Å². The number of methoxy groups -OCH3 is 1. The van der Waals surface area contributed by atoms with Crippen molar-refractivity contribution in [2.24, 2.45) is 0 Å². The van der Waals surface area contributed by atoms with E-state index in [9.17, 15) is 4.79 Å². The summed E-state index contributed by atoms with van der Waals surface area (Å²) in [6.07, 6.45) is 1.42. The number of hydrogen-bond donors (Lipinski definition) is 0. The topological polar surface area (TPSA) is 26.3 Å². The normalized spacial score (nSPS) is 11.6. The molecule has 0 N–H and O–H groups in total. The second-order valence-electron chi connectivity index (χ2n) is 4.88. The van der Waals surface area contributed by atoms with Gasteiger partial charge in [-0.3, -0.25) is 4.79 Å². The Kier molecular flexibility index (Phi) is 5.64. The van der Waals surface area contributed by atoms with E-state index in [4.69, 9.17) is 27.9 Å². The molecule has 0 saturated carbocycles. The molecule has 0 unspecified atom stereocenters. The Morgan fingerprint density at radius 2 is 1.83 bits per heavy atom. The average Bonchev–Trinajstić information content (AvgIpc) is 2.32. The van der Waals surface area contributed by atoms with Gasteiger partial charge in [0.25, 0.3) is 0 Å². The molecule has 0 amide bonds. The van der Waals surface area contributed by atoms with Gasteiger partial charge in [0.2, 0.25) is 0 Å². The summed E-state index contributed by atoms with van der Waals surface area (Å²) in [6, 6.07) is 5.26. The zero-order valence-electron chi connectivity index (χ0n) is 10.9. The van der Waals surface area contributed by atoms with Crippen LogP contribution in [0.1, 0.15) is 32.3 Å². The minimum absolute atomic E-state index is 0.120. The first-order chi connectivity index (χ1) is 8.35. The number of rotatable bonds is 6. The van der Waals surface area contributed by atoms with Gasteiger partial charge >= 0.3 is 0 Å². The van der Waals surface area contributed by atoms with E-state index >= 15 is 0 Å². The molecule has 2 nitrogen and oxygen atoms in total. The summed E-state index contributed by atoms with van der Waals surface area (Å²) in [5.41, 5.74) is 0.431. The van der Waals surface area contributed by atoms with Crippen LogP contribution in [-0.2, 0) is 16.0 Å². The van der Waals surface area contributed by atoms with Gasteiger partial charge in [0.1, 0.15) is 5.78 Å². The highest BCUT2D eigenvalue weighted by Crippen LogP contribution is 2.26. The highest BCUT2D eigenvalue weighted by Gasteiger charge is 2.19. The average molecular weight is 289 g/mol. The summed E-state index contributed by atoms with van der Waals surface area (Å²) < 4.78 is 5.28. The van der Waals surface area contributed by atoms with Gasteiger partial charge in [-0.05, 0) is 38.0 Å². The SMILES string of the molecule is COC(C)(C)CCC(=O)Cc1c(Cl)cccc1Cl. The van der Waals surface area contributed by atoms with Gasteiger partial charge in [-0.25, -0.2) is 0 Å². The molecule has 1 aromatic rings. The first kappa shape index (κ1) is 15.5. The van der Waals surface area contributed by atoms with Crippen molar-refractivity contribution in [3.05, 3.63) is 33.8 Å². The van der Waals surface area contributed by atoms with E-state index < -0.39 is 0 Å². The lowest BCUT2D eigenvalue weighted by Gasteiger charge is -2.22. The van der Waals surface area contributed by atoms with Crippen LogP contribution < -0.4 is 0 Å². The van der Waals surface area contributed by atoms with E-state index in [0.717, 1.165) is 0 Å². The molecule has 18 heavy (non-hydrogen) atoms. The molecule has 0 fully saturated rings. The van der Waals surface area contributed by atoms with Gasteiger partial charge in [-0.15, -0.1) is 0 Å². The summed E-state index contributed by atoms with van der Waals surface area (Å²) in [5.74, 6) is 0.120. The maximum Gasteiger partial charge on any atom is 0.137 e. The number of halogens is 2. The summed E-state index contributed by atoms with van der Waals surface area (Å²) in [5, 5.41) is 1.09. The third-order valence-electron chi connectivity index (χ3n) is 2.99. The first-order valence-electron chi connectivity index (χ1n) is 5.85. The molecular weight excluding hydrogens is 271 g/mol. The number of hydrogen-bond acceptors (Lipinski definition) is 2. The molecule has 1 rings (SSSR count). The van der Waals surface area contributed by atoms with Crippen LogP contribution in [0.4, 0.5) is 0 Å². The molecule has 0 bridgehead atoms. The third-order valence-corrected chi connectivity index (χ3v) is 3.70. The van der Waals surface area contributed by atoms with Gasteiger partial charge in [0.15, 0.2) is 0 Å². The van der Waals surface area contributed by atoms with Crippen LogP contribution in [0.15, 0.2) is 18.2 Å². The quantitative estimate of drug-likeness (QED) is 0.780. The number of carbonyl (C=O) groups is 1. The molecule has 0 saturated heterocycles. The van der Waals surface area contributed by atoms with Gasteiger partial charge in [-0.1, -0.05) is 29.3 Å². The summed E-state index contributed by atoms with van der Waals surface area (Å²) in [7, 11) is 1.65. The van der Waals surface area contributed by atoms with E-state index in [-0.39, 0.29) is 17.8 Å². The van der Waals surface area contributed by atoms with Crippen LogP contribution in [-0.4, -0.2) is 18.5 Å². The highest BCUT2D eigenvalue weighted by atomic mass is 35.5. The summed E-state index contributed by atoms with van der Waals surface area (Å²) in [6.45, 7) is 3.92. The van der Waals surface area contributed by atoms with E-state index in [1.54, 1.807) is 25.3 Å². The molecule has 1 aromatic carbocycles. The lowest BCUT2D eigenvalue weighted by Crippen LogP contribution is -2.23. The van der Waals surface area contributed by atoms with Crippen LogP contribution in [0, 0.1) is 0 Å². The van der Waals surface area contributed by atoms with Crippen molar-refractivity contribution < 1.29 is 9.53 Å². The standard InChI is InChI=1S/C14H18Cl2O2/c1-14(2,18-3)8-7-10(17)9-11-12(15)5-4-6-13(11)16/h4-6H,7-9H2,1-3H3. The molecule has 4 heteroatoms. The largest absolute Gasteiger partial charge is 0.379 e. The van der Waals surface area contributed by atoms with Crippen LogP contribution in [0.3, 0.4) is 0 Å². The van der Waals surface area contributed by atoms with E-state index in [0.29, 0.717) is 28.5 Å². The van der Waals surface area contributed by atoms with Gasteiger partial charge in [0, 0.05) is 30.0 Å². The molecule has 0 spiro atoms. The van der Waals surface area contributed by atoms with Crippen LogP contribution >= 0.6 is 23.2 Å². The van der Waals surface area contributed by atoms with E-state index in [1.165, 1.54) is 0 Å². The molecule has 0 aliphatic carbocycles. The van der Waals surface area contributed by atoms with Crippen LogP contribution in [0.5, 0.6) is 0 Å². The number of carbonyl (C=O) groups excluding carboxylic acids is 1. The second-order valence-corrected chi connectivity index (χ2v) is 5.69. The summed E-state index contributed by atoms with van der Waals surface area (Å²) >= 11 is 12.1. The minimum atomic E-state index is -0.278. The Balaban J connectivity index is 2.61. The molecular formula is C14H18Cl2O2. The van der Waals surface area contributed by atoms with Gasteiger partial charge in [0.05, 0.1) is 5.60 Å². The van der Waals surface area contributed by atoms with Crippen molar-refractivity contribution in [3.63, 3.8) is 0 Å². The van der Waals surface area contributed by atoms with Gasteiger partial charge in [-0.2, -0.15) is 0 Å². The molecule has 0 aromatic heterocycles. The predicted octanol–water partition coefficient (Wildman–Crippen LogP) is 4.31. The lowest BCUT2D eigenvalue weighted by molar-refractivity contribution is -0.119. The molecule has 0 heterocycles. The number of ether oxygens (including phenoxy) is 1. The summed E-state index contributed by atoms with van der Waals surface area (Å²) in [4.78, 5) is 11.9. The number of Topliss-reactive ketones (excluding diaryl/α,β-unsaturated/α-hetero) is 1. The Bertz CT molecular complexity index is 408. The maximum absolute atomic E-state index is 11.9. The lowest BCUT2D eigenvalue weighted by atomic mass is 9.98. The number of benzene rings is 1. The van der Waals surface area contributed by atoms with E-state index in [2.05, 4.69) is 0 Å². The zero-order chi connectivity index (χ0) is 13.8. The fourth-order valence-electron chi connectivity index (χ4n) is 1.53. The predicted molar refractivity (Wildman–Crippen MR) is 75.5 cm³/mol. The first-order valence-corrected chi connectivity index (χ1v) is 6.61. The van der Waals surface area contributed by atoms with E-state index in [1.807, 2.05) is 13.8 Å². The third kappa shape index (κ3) is 4.60. The molecule has 0 aliphatic rings. The minimum Gasteiger partial charge on any atom is -0.379 e. The second kappa shape index (κ2) is 6.55. The Morgan fingerprint density at radius 1 is 1.28 bits per heavy atom. The number of ketones is 1. The van der Waals surface area contributed by atoms with Crippen LogP contribution in [0.25, 0.3) is 0 Å². The van der Waals surface area contributed by atoms with Crippen molar-refractivity contribution in [3.8, 4) is 0 Å². The Hall–Kier alpha value is -0.570. The fourth-order valence-corrected chi connectivity index (χ4v) is 2.06. The zero-order valence-corrected chi connectivity index (χ0v) is 12.4. The molecule has 0 radical (unpaired) electrons. The van der Waals surface area contributed by atoms with Crippen LogP contribution in [0.2, 0.25) is 10.0 Å². The smallest absolute Gasteiger partial charge is 0.137 e. The Labute approximate surface area is 118 Å². The van der Waals surface area contributed by atoms with Crippen molar-refractivity contribution in [2.75, 3.05) is 7.11 Å². The Morgan fingerprint density at radius 3 is 2.33 bits per heavy atom. The van der Waals surface area contributed by atoms with Crippen molar-refractivity contribution in [1.82, 2.24) is 0 Å². The molecule has 0 atom stereocenters. The highest BCUT2D eigenvalue weighted by molar-refractivity contribution is 6.36. The van der Waals surface area contributed by atoms with Crippen molar-refractivity contribution >= 4 is 29.0 Å². The monoisotopic (exact) mass is 288 g/mol. The molecule has 100 valence electrons. The maximum atomic E-state index is 11.9. The molecule has 0 aliphatic heterocycles.